The number of pyridine rings is 1. The lowest BCUT2D eigenvalue weighted by Gasteiger charge is -2.08. The second-order valence-corrected chi connectivity index (χ2v) is 5.90. The first-order valence-corrected chi connectivity index (χ1v) is 7.88. The maximum absolute atomic E-state index is 12.4. The van der Waals surface area contributed by atoms with Crippen molar-refractivity contribution in [3.05, 3.63) is 70.7 Å². The first-order valence-electron chi connectivity index (χ1n) is 7.00. The Kier molecular flexibility index (Phi) is 4.18. The second-order valence-electron chi connectivity index (χ2n) is 4.95. The Morgan fingerprint density at radius 1 is 1.22 bits per heavy atom. The summed E-state index contributed by atoms with van der Waals surface area (Å²) in [6.45, 7) is 1.82. The number of carbonyl (C=O) groups excluding carboxylic acids is 1. The summed E-state index contributed by atoms with van der Waals surface area (Å²) in [5.74, 6) is -0.234. The molecule has 0 fully saturated rings. The van der Waals surface area contributed by atoms with Crippen molar-refractivity contribution in [2.75, 3.05) is 5.32 Å². The lowest BCUT2D eigenvalue weighted by molar-refractivity contribution is 0.102. The van der Waals surface area contributed by atoms with E-state index >= 15 is 0 Å². The maximum atomic E-state index is 12.4. The van der Waals surface area contributed by atoms with E-state index in [0.717, 1.165) is 10.6 Å². The van der Waals surface area contributed by atoms with E-state index < -0.39 is 0 Å². The van der Waals surface area contributed by atoms with Gasteiger partial charge in [0, 0.05) is 5.69 Å². The van der Waals surface area contributed by atoms with Gasteiger partial charge in [0.05, 0.1) is 33.5 Å². The lowest BCUT2D eigenvalue weighted by Crippen LogP contribution is -2.14. The number of aryl methyl sites for hydroxylation is 1. The molecule has 0 aliphatic rings. The molecule has 0 unspecified atom stereocenters. The second kappa shape index (κ2) is 6.42. The minimum atomic E-state index is -0.234. The Morgan fingerprint density at radius 3 is 2.78 bits per heavy atom. The van der Waals surface area contributed by atoms with Gasteiger partial charge in [-0.25, -0.2) is 0 Å². The average Bonchev–Trinajstić information content (AvgIpc) is 3.09. The van der Waals surface area contributed by atoms with Crippen molar-refractivity contribution in [3.8, 4) is 16.6 Å². The number of anilines is 1. The molecule has 112 valence electrons. The standard InChI is InChI=1S/C18H13N3OS/c1-12-15(7-8-16(20-12)17-6-3-9-23-17)18(22)21-14-5-2-4-13(10-14)11-19/h2-10H,1H3,(H,21,22). The van der Waals surface area contributed by atoms with E-state index in [1.165, 1.54) is 0 Å². The number of hydrogen-bond acceptors (Lipinski definition) is 4. The molecule has 23 heavy (non-hydrogen) atoms. The van der Waals surface area contributed by atoms with Crippen LogP contribution in [0.2, 0.25) is 0 Å². The summed E-state index contributed by atoms with van der Waals surface area (Å²) < 4.78 is 0. The third-order valence-corrected chi connectivity index (χ3v) is 4.25. The molecule has 1 N–H and O–H groups in total. The first kappa shape index (κ1) is 14.9. The van der Waals surface area contributed by atoms with E-state index in [0.29, 0.717) is 22.5 Å². The van der Waals surface area contributed by atoms with E-state index in [1.807, 2.05) is 30.5 Å². The Morgan fingerprint density at radius 2 is 2.09 bits per heavy atom. The predicted octanol–water partition coefficient (Wildman–Crippen LogP) is 4.24. The highest BCUT2D eigenvalue weighted by atomic mass is 32.1. The molecule has 5 heteroatoms. The monoisotopic (exact) mass is 319 g/mol. The molecule has 4 nitrogen and oxygen atoms in total. The van der Waals surface area contributed by atoms with Gasteiger partial charge in [0.2, 0.25) is 0 Å². The zero-order valence-corrected chi connectivity index (χ0v) is 13.2. The fourth-order valence-electron chi connectivity index (χ4n) is 2.23. The number of thiophene rings is 1. The molecule has 0 bridgehead atoms. The predicted molar refractivity (Wildman–Crippen MR) is 91.4 cm³/mol. The van der Waals surface area contributed by atoms with Crippen LogP contribution in [0.5, 0.6) is 0 Å². The number of rotatable bonds is 3. The fraction of sp³-hybridized carbons (Fsp3) is 0.0556. The van der Waals surface area contributed by atoms with Crippen LogP contribution in [0.3, 0.4) is 0 Å². The van der Waals surface area contributed by atoms with Crippen LogP contribution >= 0.6 is 11.3 Å². The molecule has 3 rings (SSSR count). The smallest absolute Gasteiger partial charge is 0.257 e. The van der Waals surface area contributed by atoms with Crippen molar-refractivity contribution in [1.29, 1.82) is 5.26 Å². The van der Waals surface area contributed by atoms with Crippen LogP contribution in [-0.2, 0) is 0 Å². The van der Waals surface area contributed by atoms with E-state index in [4.69, 9.17) is 5.26 Å². The third kappa shape index (κ3) is 3.28. The molecule has 0 saturated carbocycles. The molecule has 0 radical (unpaired) electrons. The van der Waals surface area contributed by atoms with Crippen molar-refractivity contribution in [2.45, 2.75) is 6.92 Å². The molecule has 0 spiro atoms. The van der Waals surface area contributed by atoms with Crippen molar-refractivity contribution < 1.29 is 4.79 Å². The molecule has 3 aromatic rings. The first-order chi connectivity index (χ1) is 11.2. The average molecular weight is 319 g/mol. The van der Waals surface area contributed by atoms with Gasteiger partial charge < -0.3 is 5.32 Å². The van der Waals surface area contributed by atoms with Gasteiger partial charge in [-0.3, -0.25) is 9.78 Å². The van der Waals surface area contributed by atoms with Crippen molar-refractivity contribution in [3.63, 3.8) is 0 Å². The summed E-state index contributed by atoms with van der Waals surface area (Å²) in [6, 6.07) is 16.5. The summed E-state index contributed by atoms with van der Waals surface area (Å²) in [4.78, 5) is 18.0. The van der Waals surface area contributed by atoms with Crippen LogP contribution in [0.25, 0.3) is 10.6 Å². The highest BCUT2D eigenvalue weighted by Gasteiger charge is 2.12. The van der Waals surface area contributed by atoms with Gasteiger partial charge in [-0.2, -0.15) is 5.26 Å². The molecule has 2 aromatic heterocycles. The number of hydrogen-bond donors (Lipinski definition) is 1. The lowest BCUT2D eigenvalue weighted by atomic mass is 10.1. The number of amides is 1. The molecular formula is C18H13N3OS. The molecular weight excluding hydrogens is 306 g/mol. The van der Waals surface area contributed by atoms with E-state index in [-0.39, 0.29) is 5.91 Å². The number of carbonyl (C=O) groups is 1. The zero-order valence-electron chi connectivity index (χ0n) is 12.4. The topological polar surface area (TPSA) is 65.8 Å². The van der Waals surface area contributed by atoms with Gasteiger partial charge in [0.25, 0.3) is 5.91 Å². The van der Waals surface area contributed by atoms with Crippen LogP contribution in [0.1, 0.15) is 21.6 Å². The highest BCUT2D eigenvalue weighted by molar-refractivity contribution is 7.13. The van der Waals surface area contributed by atoms with E-state index in [9.17, 15) is 4.79 Å². The van der Waals surface area contributed by atoms with Crippen molar-refractivity contribution in [1.82, 2.24) is 4.98 Å². The normalized spacial score (nSPS) is 10.1. The molecule has 2 heterocycles. The number of nitrogens with zero attached hydrogens (tertiary/aromatic N) is 2. The summed E-state index contributed by atoms with van der Waals surface area (Å²) in [5, 5.41) is 13.7. The Balaban J connectivity index is 1.84. The minimum absolute atomic E-state index is 0.234. The highest BCUT2D eigenvalue weighted by Crippen LogP contribution is 2.24. The summed E-state index contributed by atoms with van der Waals surface area (Å²) >= 11 is 1.61. The van der Waals surface area contributed by atoms with Crippen LogP contribution < -0.4 is 5.32 Å². The fourth-order valence-corrected chi connectivity index (χ4v) is 2.92. The van der Waals surface area contributed by atoms with E-state index in [1.54, 1.807) is 41.7 Å². The Labute approximate surface area is 138 Å². The van der Waals surface area contributed by atoms with Crippen LogP contribution in [0, 0.1) is 18.3 Å². The maximum Gasteiger partial charge on any atom is 0.257 e. The number of benzene rings is 1. The van der Waals surface area contributed by atoms with Gasteiger partial charge in [0.15, 0.2) is 0 Å². The molecule has 1 aromatic carbocycles. The van der Waals surface area contributed by atoms with Gasteiger partial charge in [0.1, 0.15) is 0 Å². The molecule has 0 aliphatic heterocycles. The van der Waals surface area contributed by atoms with Crippen molar-refractivity contribution >= 4 is 22.9 Å². The molecule has 0 aliphatic carbocycles. The number of nitriles is 1. The largest absolute Gasteiger partial charge is 0.322 e. The summed E-state index contributed by atoms with van der Waals surface area (Å²) in [5.41, 5.74) is 3.15. The van der Waals surface area contributed by atoms with Crippen LogP contribution in [0.15, 0.2) is 53.9 Å². The number of aromatic nitrogens is 1. The molecule has 0 saturated heterocycles. The van der Waals surface area contributed by atoms with Gasteiger partial charge in [-0.05, 0) is 48.7 Å². The quantitative estimate of drug-likeness (QED) is 0.785. The Bertz CT molecular complexity index is 895. The van der Waals surface area contributed by atoms with Gasteiger partial charge in [-0.15, -0.1) is 11.3 Å². The SMILES string of the molecule is Cc1nc(-c2cccs2)ccc1C(=O)Nc1cccc(C#N)c1. The van der Waals surface area contributed by atoms with Gasteiger partial charge in [-0.1, -0.05) is 12.1 Å². The minimum Gasteiger partial charge on any atom is -0.322 e. The molecule has 0 atom stereocenters. The summed E-state index contributed by atoms with van der Waals surface area (Å²) in [6.07, 6.45) is 0. The van der Waals surface area contributed by atoms with Crippen molar-refractivity contribution in [2.24, 2.45) is 0 Å². The molecule has 1 amide bonds. The zero-order chi connectivity index (χ0) is 16.2. The third-order valence-electron chi connectivity index (χ3n) is 3.35. The van der Waals surface area contributed by atoms with Gasteiger partial charge >= 0.3 is 0 Å². The van der Waals surface area contributed by atoms with E-state index in [2.05, 4.69) is 16.4 Å². The van der Waals surface area contributed by atoms with Crippen LogP contribution in [-0.4, -0.2) is 10.9 Å². The Hall–Kier alpha value is -2.97. The summed E-state index contributed by atoms with van der Waals surface area (Å²) in [7, 11) is 0. The number of nitrogens with one attached hydrogen (secondary N) is 1. The van der Waals surface area contributed by atoms with Crippen LogP contribution in [0.4, 0.5) is 5.69 Å².